The lowest BCUT2D eigenvalue weighted by molar-refractivity contribution is 0.100. The number of carbonyl (C=O) groups excluding carboxylic acids is 1. The van der Waals surface area contributed by atoms with Gasteiger partial charge in [0.1, 0.15) is 6.17 Å². The monoisotopic (exact) mass is 414 g/mol. The van der Waals surface area contributed by atoms with E-state index in [1.54, 1.807) is 4.52 Å². The molecule has 2 atom stereocenters. The fraction of sp³-hybridized carbons (Fsp3) is 0.200. The van der Waals surface area contributed by atoms with Crippen LogP contribution in [0, 0.1) is 0 Å². The van der Waals surface area contributed by atoms with Gasteiger partial charge in [-0.3, -0.25) is 4.79 Å². The number of anilines is 1. The Morgan fingerprint density at radius 2 is 1.68 bits per heavy atom. The molecule has 1 saturated carbocycles. The SMILES string of the molecule is NC(=O)c1cnn2cc(-c3ccc(-c4ccccc4)cc3)cc2c1N[C@@H]1CCC[C@@H]1F. The maximum atomic E-state index is 14.3. The number of nitrogens with zero attached hydrogens (tertiary/aromatic N) is 2. The number of aromatic nitrogens is 2. The molecule has 0 spiro atoms. The van der Waals surface area contributed by atoms with Gasteiger partial charge in [-0.25, -0.2) is 8.91 Å². The molecule has 2 aromatic carbocycles. The van der Waals surface area contributed by atoms with Gasteiger partial charge in [-0.05, 0) is 42.0 Å². The summed E-state index contributed by atoms with van der Waals surface area (Å²) in [7, 11) is 0. The molecule has 0 bridgehead atoms. The van der Waals surface area contributed by atoms with Crippen LogP contribution >= 0.6 is 0 Å². The molecule has 3 N–H and O–H groups in total. The fourth-order valence-electron chi connectivity index (χ4n) is 4.30. The van der Waals surface area contributed by atoms with Crippen LogP contribution < -0.4 is 11.1 Å². The van der Waals surface area contributed by atoms with E-state index in [0.29, 0.717) is 17.6 Å². The number of hydrogen-bond acceptors (Lipinski definition) is 3. The molecule has 2 heterocycles. The van der Waals surface area contributed by atoms with E-state index in [4.69, 9.17) is 5.73 Å². The number of amides is 1. The van der Waals surface area contributed by atoms with E-state index >= 15 is 0 Å². The molecule has 0 saturated heterocycles. The van der Waals surface area contributed by atoms with Crippen molar-refractivity contribution >= 4 is 17.1 Å². The summed E-state index contributed by atoms with van der Waals surface area (Å²) in [5.41, 5.74) is 11.4. The van der Waals surface area contributed by atoms with E-state index in [9.17, 15) is 9.18 Å². The normalized spacial score (nSPS) is 18.4. The second kappa shape index (κ2) is 7.87. The quantitative estimate of drug-likeness (QED) is 0.479. The zero-order valence-electron chi connectivity index (χ0n) is 17.0. The van der Waals surface area contributed by atoms with Gasteiger partial charge in [0.05, 0.1) is 29.0 Å². The lowest BCUT2D eigenvalue weighted by Gasteiger charge is -2.19. The van der Waals surface area contributed by atoms with Crippen molar-refractivity contribution in [3.63, 3.8) is 0 Å². The van der Waals surface area contributed by atoms with Crippen molar-refractivity contribution in [2.45, 2.75) is 31.5 Å². The summed E-state index contributed by atoms with van der Waals surface area (Å²) in [5.74, 6) is -0.583. The highest BCUT2D eigenvalue weighted by atomic mass is 19.1. The number of fused-ring (bicyclic) bond motifs is 1. The maximum absolute atomic E-state index is 14.3. The van der Waals surface area contributed by atoms with Gasteiger partial charge in [0.2, 0.25) is 0 Å². The molecular formula is C25H23FN4O. The first-order valence-corrected chi connectivity index (χ1v) is 10.5. The van der Waals surface area contributed by atoms with Crippen molar-refractivity contribution in [2.24, 2.45) is 5.73 Å². The Balaban J connectivity index is 1.53. The number of rotatable bonds is 5. The van der Waals surface area contributed by atoms with E-state index in [1.165, 1.54) is 6.20 Å². The summed E-state index contributed by atoms with van der Waals surface area (Å²) in [6, 6.07) is 20.1. The van der Waals surface area contributed by atoms with Gasteiger partial charge >= 0.3 is 0 Å². The lowest BCUT2D eigenvalue weighted by Crippen LogP contribution is -2.27. The second-order valence-corrected chi connectivity index (χ2v) is 8.00. The fourth-order valence-corrected chi connectivity index (χ4v) is 4.30. The standard InChI is InChI=1S/C25H23FN4O/c26-21-7-4-8-22(21)29-24-20(25(27)31)14-28-30-15-19(13-23(24)30)18-11-9-17(10-12-18)16-5-2-1-3-6-16/h1-3,5-6,9-15,21-22,29H,4,7-8H2,(H2,27,31)/t21-,22+/m0/s1. The van der Waals surface area contributed by atoms with Crippen molar-refractivity contribution in [3.05, 3.63) is 78.6 Å². The molecule has 1 aliphatic carbocycles. The van der Waals surface area contributed by atoms with Gasteiger partial charge in [0, 0.05) is 11.8 Å². The number of nitrogens with one attached hydrogen (secondary N) is 1. The maximum Gasteiger partial charge on any atom is 0.252 e. The Kier molecular flexibility index (Phi) is 4.90. The minimum atomic E-state index is -0.936. The Labute approximate surface area is 179 Å². The number of alkyl halides is 1. The highest BCUT2D eigenvalue weighted by Crippen LogP contribution is 2.33. The average Bonchev–Trinajstić information content (AvgIpc) is 3.41. The third-order valence-corrected chi connectivity index (χ3v) is 5.99. The van der Waals surface area contributed by atoms with Gasteiger partial charge in [0.15, 0.2) is 0 Å². The molecule has 0 radical (unpaired) electrons. The van der Waals surface area contributed by atoms with Crippen LogP contribution in [0.4, 0.5) is 10.1 Å². The van der Waals surface area contributed by atoms with Crippen LogP contribution in [-0.2, 0) is 0 Å². The zero-order valence-corrected chi connectivity index (χ0v) is 17.0. The first-order valence-electron chi connectivity index (χ1n) is 10.5. The molecule has 1 aliphatic rings. The van der Waals surface area contributed by atoms with E-state index in [0.717, 1.165) is 35.1 Å². The highest BCUT2D eigenvalue weighted by Gasteiger charge is 2.29. The molecule has 1 amide bonds. The molecule has 0 aliphatic heterocycles. The molecule has 5 nitrogen and oxygen atoms in total. The van der Waals surface area contributed by atoms with E-state index in [2.05, 4.69) is 46.8 Å². The van der Waals surface area contributed by atoms with E-state index in [1.807, 2.05) is 30.5 Å². The minimum Gasteiger partial charge on any atom is -0.377 e. The first kappa shape index (κ1) is 19.3. The molecular weight excluding hydrogens is 391 g/mol. The van der Waals surface area contributed by atoms with Crippen molar-refractivity contribution in [1.29, 1.82) is 0 Å². The smallest absolute Gasteiger partial charge is 0.252 e. The van der Waals surface area contributed by atoms with Gasteiger partial charge in [-0.2, -0.15) is 5.10 Å². The van der Waals surface area contributed by atoms with Crippen molar-refractivity contribution < 1.29 is 9.18 Å². The van der Waals surface area contributed by atoms with Crippen LogP contribution in [0.1, 0.15) is 29.6 Å². The average molecular weight is 414 g/mol. The molecule has 31 heavy (non-hydrogen) atoms. The van der Waals surface area contributed by atoms with Crippen molar-refractivity contribution in [2.75, 3.05) is 5.32 Å². The lowest BCUT2D eigenvalue weighted by atomic mass is 10.0. The van der Waals surface area contributed by atoms with Gasteiger partial charge in [-0.1, -0.05) is 54.6 Å². The Hall–Kier alpha value is -3.67. The molecule has 4 aromatic rings. The molecule has 0 unspecified atom stereocenters. The van der Waals surface area contributed by atoms with Crippen molar-refractivity contribution in [1.82, 2.24) is 9.61 Å². The van der Waals surface area contributed by atoms with E-state index < -0.39 is 12.1 Å². The second-order valence-electron chi connectivity index (χ2n) is 8.00. The predicted molar refractivity (Wildman–Crippen MR) is 121 cm³/mol. The molecule has 1 fully saturated rings. The zero-order chi connectivity index (χ0) is 21.4. The topological polar surface area (TPSA) is 72.4 Å². The summed E-state index contributed by atoms with van der Waals surface area (Å²) >= 11 is 0. The van der Waals surface area contributed by atoms with Crippen LogP contribution in [0.5, 0.6) is 0 Å². The minimum absolute atomic E-state index is 0.274. The summed E-state index contributed by atoms with van der Waals surface area (Å²) < 4.78 is 16.0. The third-order valence-electron chi connectivity index (χ3n) is 5.99. The summed E-state index contributed by atoms with van der Waals surface area (Å²) in [6.07, 6.45) is 4.50. The largest absolute Gasteiger partial charge is 0.377 e. The first-order chi connectivity index (χ1) is 15.1. The Bertz CT molecular complexity index is 1230. The number of hydrogen-bond donors (Lipinski definition) is 2. The van der Waals surface area contributed by atoms with Gasteiger partial charge in [-0.15, -0.1) is 0 Å². The molecule has 156 valence electrons. The van der Waals surface area contributed by atoms with Crippen LogP contribution in [0.25, 0.3) is 27.8 Å². The van der Waals surface area contributed by atoms with E-state index in [-0.39, 0.29) is 11.6 Å². The van der Waals surface area contributed by atoms with Crippen LogP contribution in [0.3, 0.4) is 0 Å². The summed E-state index contributed by atoms with van der Waals surface area (Å²) in [5, 5.41) is 7.59. The number of nitrogens with two attached hydrogens (primary N) is 1. The van der Waals surface area contributed by atoms with Crippen LogP contribution in [-0.4, -0.2) is 27.7 Å². The number of primary amides is 1. The number of benzene rings is 2. The van der Waals surface area contributed by atoms with Crippen molar-refractivity contribution in [3.8, 4) is 22.3 Å². The van der Waals surface area contributed by atoms with Crippen LogP contribution in [0.15, 0.2) is 73.1 Å². The Morgan fingerprint density at radius 3 is 2.32 bits per heavy atom. The summed E-state index contributed by atoms with van der Waals surface area (Å²) in [6.45, 7) is 0. The predicted octanol–water partition coefficient (Wildman–Crippen LogP) is 5.07. The van der Waals surface area contributed by atoms with Gasteiger partial charge < -0.3 is 11.1 Å². The van der Waals surface area contributed by atoms with Gasteiger partial charge in [0.25, 0.3) is 5.91 Å². The highest BCUT2D eigenvalue weighted by molar-refractivity contribution is 6.02. The molecule has 6 heteroatoms. The van der Waals surface area contributed by atoms with Crippen LogP contribution in [0.2, 0.25) is 0 Å². The Morgan fingerprint density at radius 1 is 1.00 bits per heavy atom. The molecule has 5 rings (SSSR count). The number of halogens is 1. The summed E-state index contributed by atoms with van der Waals surface area (Å²) in [4.78, 5) is 12.0. The number of carbonyl (C=O) groups is 1. The third kappa shape index (κ3) is 3.65. The molecule has 2 aromatic heterocycles.